The van der Waals surface area contributed by atoms with Crippen molar-refractivity contribution in [1.82, 2.24) is 4.98 Å². The monoisotopic (exact) mass is 260 g/mol. The van der Waals surface area contributed by atoms with Crippen LogP contribution in [0.25, 0.3) is 0 Å². The Balaban J connectivity index is 2.22. The SMILES string of the molecule is COCc1ccccc1NC(=O)c1cccnc1F. The Bertz CT molecular complexity index is 587. The summed E-state index contributed by atoms with van der Waals surface area (Å²) in [6.07, 6.45) is 1.30. The summed E-state index contributed by atoms with van der Waals surface area (Å²) >= 11 is 0. The number of nitrogens with one attached hydrogen (secondary N) is 1. The van der Waals surface area contributed by atoms with Gasteiger partial charge < -0.3 is 10.1 Å². The lowest BCUT2D eigenvalue weighted by Gasteiger charge is -2.10. The number of methoxy groups -OCH3 is 1. The Morgan fingerprint density at radius 1 is 1.32 bits per heavy atom. The predicted molar refractivity (Wildman–Crippen MR) is 69.3 cm³/mol. The Morgan fingerprint density at radius 2 is 2.11 bits per heavy atom. The molecule has 0 radical (unpaired) electrons. The first-order valence-electron chi connectivity index (χ1n) is 5.71. The minimum absolute atomic E-state index is 0.0882. The van der Waals surface area contributed by atoms with Gasteiger partial charge in [0, 0.05) is 24.6 Å². The van der Waals surface area contributed by atoms with Crippen molar-refractivity contribution in [3.8, 4) is 0 Å². The van der Waals surface area contributed by atoms with Gasteiger partial charge >= 0.3 is 0 Å². The van der Waals surface area contributed by atoms with Crippen molar-refractivity contribution in [2.75, 3.05) is 12.4 Å². The number of rotatable bonds is 4. The summed E-state index contributed by atoms with van der Waals surface area (Å²) in [5.74, 6) is -1.32. The number of carbonyl (C=O) groups is 1. The van der Waals surface area contributed by atoms with E-state index in [0.29, 0.717) is 12.3 Å². The molecule has 1 heterocycles. The van der Waals surface area contributed by atoms with Crippen LogP contribution in [0, 0.1) is 5.95 Å². The van der Waals surface area contributed by atoms with Gasteiger partial charge in [-0.05, 0) is 18.2 Å². The van der Waals surface area contributed by atoms with Crippen LogP contribution >= 0.6 is 0 Å². The zero-order chi connectivity index (χ0) is 13.7. The summed E-state index contributed by atoms with van der Waals surface area (Å²) in [5, 5.41) is 2.65. The molecular formula is C14H13FN2O2. The molecule has 1 aromatic carbocycles. The Hall–Kier alpha value is -2.27. The fourth-order valence-corrected chi connectivity index (χ4v) is 1.67. The van der Waals surface area contributed by atoms with E-state index in [1.165, 1.54) is 18.3 Å². The maximum Gasteiger partial charge on any atom is 0.260 e. The van der Waals surface area contributed by atoms with Crippen molar-refractivity contribution in [1.29, 1.82) is 0 Å². The van der Waals surface area contributed by atoms with Crippen LogP contribution in [0.5, 0.6) is 0 Å². The second kappa shape index (κ2) is 6.06. The topological polar surface area (TPSA) is 51.2 Å². The molecule has 98 valence electrons. The first kappa shape index (κ1) is 13.2. The minimum Gasteiger partial charge on any atom is -0.380 e. The van der Waals surface area contributed by atoms with Gasteiger partial charge in [0.1, 0.15) is 0 Å². The van der Waals surface area contributed by atoms with E-state index in [1.54, 1.807) is 19.2 Å². The second-order valence-corrected chi connectivity index (χ2v) is 3.89. The zero-order valence-electron chi connectivity index (χ0n) is 10.4. The molecule has 2 rings (SSSR count). The van der Waals surface area contributed by atoms with E-state index in [-0.39, 0.29) is 5.56 Å². The van der Waals surface area contributed by atoms with Crippen LogP contribution in [0.2, 0.25) is 0 Å². The highest BCUT2D eigenvalue weighted by Crippen LogP contribution is 2.17. The Kier molecular flexibility index (Phi) is 4.20. The normalized spacial score (nSPS) is 10.2. The number of halogens is 1. The highest BCUT2D eigenvalue weighted by molar-refractivity contribution is 6.04. The van der Waals surface area contributed by atoms with Gasteiger partial charge in [-0.3, -0.25) is 4.79 Å². The third kappa shape index (κ3) is 3.14. The highest BCUT2D eigenvalue weighted by atomic mass is 19.1. The first-order valence-corrected chi connectivity index (χ1v) is 5.71. The molecule has 19 heavy (non-hydrogen) atoms. The molecule has 0 fully saturated rings. The van der Waals surface area contributed by atoms with E-state index in [2.05, 4.69) is 10.3 Å². The van der Waals surface area contributed by atoms with E-state index in [0.717, 1.165) is 5.56 Å². The van der Waals surface area contributed by atoms with Crippen LogP contribution in [0.1, 0.15) is 15.9 Å². The zero-order valence-corrected chi connectivity index (χ0v) is 10.4. The number of carbonyl (C=O) groups excluding carboxylic acids is 1. The van der Waals surface area contributed by atoms with Crippen LogP contribution in [0.3, 0.4) is 0 Å². The van der Waals surface area contributed by atoms with E-state index < -0.39 is 11.9 Å². The molecule has 0 spiro atoms. The summed E-state index contributed by atoms with van der Waals surface area (Å²) < 4.78 is 18.4. The van der Waals surface area contributed by atoms with Gasteiger partial charge in [0.15, 0.2) is 0 Å². The summed E-state index contributed by atoms with van der Waals surface area (Å²) in [5.41, 5.74) is 1.33. The molecule has 0 bridgehead atoms. The molecule has 0 saturated heterocycles. The maximum atomic E-state index is 13.4. The van der Waals surface area contributed by atoms with Crippen molar-refractivity contribution in [3.05, 3.63) is 59.7 Å². The molecule has 2 aromatic rings. The Morgan fingerprint density at radius 3 is 2.84 bits per heavy atom. The number of para-hydroxylation sites is 1. The van der Waals surface area contributed by atoms with Gasteiger partial charge in [-0.25, -0.2) is 4.98 Å². The fourth-order valence-electron chi connectivity index (χ4n) is 1.67. The molecular weight excluding hydrogens is 247 g/mol. The lowest BCUT2D eigenvalue weighted by molar-refractivity contribution is 0.102. The second-order valence-electron chi connectivity index (χ2n) is 3.89. The van der Waals surface area contributed by atoms with Gasteiger partial charge in [-0.15, -0.1) is 0 Å². The number of pyridine rings is 1. The standard InChI is InChI=1S/C14H13FN2O2/c1-19-9-10-5-2-3-7-12(10)17-14(18)11-6-4-8-16-13(11)15/h2-8H,9H2,1H3,(H,17,18). The van der Waals surface area contributed by atoms with Gasteiger partial charge in [0.05, 0.1) is 12.2 Å². The van der Waals surface area contributed by atoms with E-state index in [1.807, 2.05) is 12.1 Å². The van der Waals surface area contributed by atoms with Gasteiger partial charge in [0.25, 0.3) is 5.91 Å². The molecule has 0 aliphatic carbocycles. The van der Waals surface area contributed by atoms with E-state index in [9.17, 15) is 9.18 Å². The third-order valence-corrected chi connectivity index (χ3v) is 2.57. The molecule has 0 atom stereocenters. The third-order valence-electron chi connectivity index (χ3n) is 2.57. The number of amides is 1. The number of nitrogens with zero attached hydrogens (tertiary/aromatic N) is 1. The molecule has 1 aromatic heterocycles. The smallest absolute Gasteiger partial charge is 0.260 e. The van der Waals surface area contributed by atoms with Crippen molar-refractivity contribution >= 4 is 11.6 Å². The molecule has 1 N–H and O–H groups in total. The number of hydrogen-bond acceptors (Lipinski definition) is 3. The fraction of sp³-hybridized carbons (Fsp3) is 0.143. The van der Waals surface area contributed by atoms with E-state index >= 15 is 0 Å². The number of anilines is 1. The molecule has 4 nitrogen and oxygen atoms in total. The van der Waals surface area contributed by atoms with Crippen molar-refractivity contribution in [2.45, 2.75) is 6.61 Å². The largest absolute Gasteiger partial charge is 0.380 e. The lowest BCUT2D eigenvalue weighted by atomic mass is 10.1. The van der Waals surface area contributed by atoms with Crippen LogP contribution < -0.4 is 5.32 Å². The van der Waals surface area contributed by atoms with Crippen LogP contribution in [-0.4, -0.2) is 18.0 Å². The number of aromatic nitrogens is 1. The average molecular weight is 260 g/mol. The summed E-state index contributed by atoms with van der Waals surface area (Å²) in [6, 6.07) is 10.1. The first-order chi connectivity index (χ1) is 9.22. The molecule has 0 aliphatic rings. The van der Waals surface area contributed by atoms with Crippen LogP contribution in [0.4, 0.5) is 10.1 Å². The summed E-state index contributed by atoms with van der Waals surface area (Å²) in [4.78, 5) is 15.4. The van der Waals surface area contributed by atoms with Gasteiger partial charge in [-0.1, -0.05) is 18.2 Å². The number of ether oxygens (including phenoxy) is 1. The van der Waals surface area contributed by atoms with E-state index in [4.69, 9.17) is 4.74 Å². The lowest BCUT2D eigenvalue weighted by Crippen LogP contribution is -2.15. The predicted octanol–water partition coefficient (Wildman–Crippen LogP) is 2.62. The molecule has 0 unspecified atom stereocenters. The molecule has 0 aliphatic heterocycles. The quantitative estimate of drug-likeness (QED) is 0.860. The van der Waals surface area contributed by atoms with Crippen molar-refractivity contribution < 1.29 is 13.9 Å². The van der Waals surface area contributed by atoms with Gasteiger partial charge in [-0.2, -0.15) is 4.39 Å². The molecule has 1 amide bonds. The number of benzene rings is 1. The van der Waals surface area contributed by atoms with Crippen LogP contribution in [-0.2, 0) is 11.3 Å². The van der Waals surface area contributed by atoms with Crippen molar-refractivity contribution in [3.63, 3.8) is 0 Å². The maximum absolute atomic E-state index is 13.4. The van der Waals surface area contributed by atoms with Gasteiger partial charge in [0.2, 0.25) is 5.95 Å². The van der Waals surface area contributed by atoms with Crippen LogP contribution in [0.15, 0.2) is 42.6 Å². The number of hydrogen-bond donors (Lipinski definition) is 1. The minimum atomic E-state index is -0.788. The molecule has 5 heteroatoms. The average Bonchev–Trinajstić information content (AvgIpc) is 2.41. The highest BCUT2D eigenvalue weighted by Gasteiger charge is 2.13. The summed E-state index contributed by atoms with van der Waals surface area (Å²) in [6.45, 7) is 0.367. The summed E-state index contributed by atoms with van der Waals surface area (Å²) in [7, 11) is 1.57. The Labute approximate surface area is 110 Å². The van der Waals surface area contributed by atoms with Crippen molar-refractivity contribution in [2.24, 2.45) is 0 Å². The molecule has 0 saturated carbocycles.